The van der Waals surface area contributed by atoms with Crippen LogP contribution in [0.1, 0.15) is 0 Å². The zero-order chi connectivity index (χ0) is 19.4. The van der Waals surface area contributed by atoms with Crippen molar-refractivity contribution in [3.05, 3.63) is 78.3 Å². The van der Waals surface area contributed by atoms with Gasteiger partial charge in [-0.3, -0.25) is 14.2 Å². The molecule has 3 rings (SSSR count). The molecule has 0 fully saturated rings. The number of amides is 1. The summed E-state index contributed by atoms with van der Waals surface area (Å²) in [5.74, 6) is -0.614. The van der Waals surface area contributed by atoms with Gasteiger partial charge in [-0.1, -0.05) is 12.2 Å². The molecule has 0 atom stereocenters. The van der Waals surface area contributed by atoms with Crippen molar-refractivity contribution < 1.29 is 9.18 Å². The predicted molar refractivity (Wildman–Crippen MR) is 100 cm³/mol. The zero-order valence-corrected chi connectivity index (χ0v) is 14.6. The van der Waals surface area contributed by atoms with Gasteiger partial charge in [0, 0.05) is 13.1 Å². The van der Waals surface area contributed by atoms with Gasteiger partial charge in [0.15, 0.2) is 5.65 Å². The highest BCUT2D eigenvalue weighted by Crippen LogP contribution is 2.14. The second kappa shape index (κ2) is 7.77. The van der Waals surface area contributed by atoms with Gasteiger partial charge in [0.1, 0.15) is 24.1 Å². The van der Waals surface area contributed by atoms with Gasteiger partial charge in [-0.05, 0) is 24.3 Å². The molecule has 0 radical (unpaired) electrons. The van der Waals surface area contributed by atoms with Crippen molar-refractivity contribution >= 4 is 16.9 Å². The van der Waals surface area contributed by atoms with E-state index in [4.69, 9.17) is 0 Å². The van der Waals surface area contributed by atoms with Gasteiger partial charge in [0.25, 0.3) is 5.56 Å². The first-order chi connectivity index (χ1) is 13.0. The molecule has 0 N–H and O–H groups in total. The topological polar surface area (TPSA) is 73.0 Å². The molecule has 1 aromatic carbocycles. The molecule has 0 spiro atoms. The Labute approximate surface area is 154 Å². The molecular weight excluding hydrogens is 349 g/mol. The summed E-state index contributed by atoms with van der Waals surface area (Å²) in [5, 5.41) is 4.44. The first kappa shape index (κ1) is 18.2. The molecule has 0 aliphatic carbocycles. The Bertz CT molecular complexity index is 1040. The van der Waals surface area contributed by atoms with Gasteiger partial charge in [0.2, 0.25) is 5.91 Å². The molecule has 2 aromatic heterocycles. The Morgan fingerprint density at radius 1 is 1.19 bits per heavy atom. The largest absolute Gasteiger partial charge is 0.334 e. The molecule has 0 saturated heterocycles. The number of hydrogen-bond donors (Lipinski definition) is 0. The van der Waals surface area contributed by atoms with Crippen molar-refractivity contribution in [1.29, 1.82) is 0 Å². The monoisotopic (exact) mass is 367 g/mol. The van der Waals surface area contributed by atoms with Gasteiger partial charge in [-0.2, -0.15) is 5.10 Å². The minimum atomic E-state index is -0.376. The van der Waals surface area contributed by atoms with E-state index in [1.807, 2.05) is 0 Å². The Kier molecular flexibility index (Phi) is 5.25. The Hall–Kier alpha value is -3.55. The molecule has 138 valence electrons. The zero-order valence-electron chi connectivity index (χ0n) is 14.6. The van der Waals surface area contributed by atoms with Crippen molar-refractivity contribution in [2.45, 2.75) is 6.54 Å². The van der Waals surface area contributed by atoms with Crippen LogP contribution in [-0.4, -0.2) is 43.2 Å². The van der Waals surface area contributed by atoms with E-state index in [9.17, 15) is 14.0 Å². The average Bonchev–Trinajstić information content (AvgIpc) is 3.09. The molecule has 7 nitrogen and oxygen atoms in total. The van der Waals surface area contributed by atoms with Gasteiger partial charge >= 0.3 is 0 Å². The van der Waals surface area contributed by atoms with Crippen LogP contribution in [0, 0.1) is 5.82 Å². The third kappa shape index (κ3) is 3.69. The minimum Gasteiger partial charge on any atom is -0.334 e. The number of rotatable bonds is 7. The second-order valence-electron chi connectivity index (χ2n) is 5.82. The molecule has 27 heavy (non-hydrogen) atoms. The first-order valence-electron chi connectivity index (χ1n) is 8.24. The number of halogens is 1. The summed E-state index contributed by atoms with van der Waals surface area (Å²) in [4.78, 5) is 30.9. The highest BCUT2D eigenvalue weighted by molar-refractivity contribution is 5.78. The summed E-state index contributed by atoms with van der Waals surface area (Å²) in [7, 11) is 0. The van der Waals surface area contributed by atoms with Crippen molar-refractivity contribution in [3.63, 3.8) is 0 Å². The Morgan fingerprint density at radius 2 is 1.85 bits per heavy atom. The van der Waals surface area contributed by atoms with E-state index in [0.717, 1.165) is 0 Å². The van der Waals surface area contributed by atoms with E-state index >= 15 is 0 Å². The fourth-order valence-corrected chi connectivity index (χ4v) is 2.67. The quantitative estimate of drug-likeness (QED) is 0.598. The number of hydrogen-bond acceptors (Lipinski definition) is 4. The maximum atomic E-state index is 13.1. The van der Waals surface area contributed by atoms with E-state index in [2.05, 4.69) is 23.2 Å². The van der Waals surface area contributed by atoms with E-state index in [-0.39, 0.29) is 29.2 Å². The highest BCUT2D eigenvalue weighted by atomic mass is 19.1. The normalized spacial score (nSPS) is 10.7. The smallest absolute Gasteiger partial charge is 0.264 e. The number of carbonyl (C=O) groups is 1. The van der Waals surface area contributed by atoms with Crippen LogP contribution in [0.3, 0.4) is 0 Å². The number of benzene rings is 1. The fraction of sp³-hybridized carbons (Fsp3) is 0.158. The lowest BCUT2D eigenvalue weighted by Gasteiger charge is -2.19. The Morgan fingerprint density at radius 3 is 2.48 bits per heavy atom. The lowest BCUT2D eigenvalue weighted by molar-refractivity contribution is -0.130. The lowest BCUT2D eigenvalue weighted by Crippen LogP contribution is -2.36. The van der Waals surface area contributed by atoms with Crippen molar-refractivity contribution in [3.8, 4) is 5.69 Å². The Balaban J connectivity index is 1.93. The first-order valence-corrected chi connectivity index (χ1v) is 8.24. The molecule has 3 aromatic rings. The average molecular weight is 367 g/mol. The maximum absolute atomic E-state index is 13.1. The third-order valence-corrected chi connectivity index (χ3v) is 3.98. The van der Waals surface area contributed by atoms with Crippen LogP contribution in [0.4, 0.5) is 4.39 Å². The van der Waals surface area contributed by atoms with Crippen LogP contribution in [0.5, 0.6) is 0 Å². The van der Waals surface area contributed by atoms with Crippen LogP contribution < -0.4 is 5.56 Å². The summed E-state index contributed by atoms with van der Waals surface area (Å²) < 4.78 is 15.8. The van der Waals surface area contributed by atoms with Crippen molar-refractivity contribution in [2.75, 3.05) is 13.1 Å². The molecule has 8 heteroatoms. The fourth-order valence-electron chi connectivity index (χ4n) is 2.67. The number of aromatic nitrogens is 4. The summed E-state index contributed by atoms with van der Waals surface area (Å²) in [6.07, 6.45) is 5.92. The standard InChI is InChI=1S/C19H18FN5O2/c1-3-9-23(10-4-2)17(26)12-24-13-21-18-16(19(24)27)11-22-25(18)15-7-5-14(20)6-8-15/h3-8,11,13H,1-2,9-10,12H2. The van der Waals surface area contributed by atoms with Crippen LogP contribution in [-0.2, 0) is 11.3 Å². The van der Waals surface area contributed by atoms with E-state index in [1.165, 1.54) is 38.8 Å². The second-order valence-corrected chi connectivity index (χ2v) is 5.82. The summed E-state index contributed by atoms with van der Waals surface area (Å²) in [6.45, 7) is 7.82. The summed E-state index contributed by atoms with van der Waals surface area (Å²) in [5.41, 5.74) is 0.540. The number of nitrogens with zero attached hydrogens (tertiary/aromatic N) is 5. The van der Waals surface area contributed by atoms with Crippen LogP contribution >= 0.6 is 0 Å². The molecule has 0 unspecified atom stereocenters. The summed E-state index contributed by atoms with van der Waals surface area (Å²) >= 11 is 0. The number of fused-ring (bicyclic) bond motifs is 1. The third-order valence-electron chi connectivity index (χ3n) is 3.98. The molecule has 0 aliphatic rings. The van der Waals surface area contributed by atoms with E-state index < -0.39 is 0 Å². The number of carbonyl (C=O) groups excluding carboxylic acids is 1. The van der Waals surface area contributed by atoms with Crippen molar-refractivity contribution in [2.24, 2.45) is 0 Å². The van der Waals surface area contributed by atoms with Crippen molar-refractivity contribution in [1.82, 2.24) is 24.2 Å². The molecule has 2 heterocycles. The van der Waals surface area contributed by atoms with Crippen LogP contribution in [0.15, 0.2) is 66.9 Å². The minimum absolute atomic E-state index is 0.148. The molecular formula is C19H18FN5O2. The predicted octanol–water partition coefficient (Wildman–Crippen LogP) is 1.92. The lowest BCUT2D eigenvalue weighted by atomic mass is 10.3. The van der Waals surface area contributed by atoms with Crippen LogP contribution in [0.25, 0.3) is 16.7 Å². The molecule has 0 bridgehead atoms. The van der Waals surface area contributed by atoms with Crippen LogP contribution in [0.2, 0.25) is 0 Å². The van der Waals surface area contributed by atoms with Gasteiger partial charge < -0.3 is 4.90 Å². The maximum Gasteiger partial charge on any atom is 0.264 e. The highest BCUT2D eigenvalue weighted by Gasteiger charge is 2.16. The SMILES string of the molecule is C=CCN(CC=C)C(=O)Cn1cnc2c(cnn2-c2ccc(F)cc2)c1=O. The molecule has 1 amide bonds. The van der Waals surface area contributed by atoms with Gasteiger partial charge in [0.05, 0.1) is 11.9 Å². The van der Waals surface area contributed by atoms with E-state index in [1.54, 1.807) is 24.3 Å². The molecule has 0 saturated carbocycles. The van der Waals surface area contributed by atoms with E-state index in [0.29, 0.717) is 24.4 Å². The van der Waals surface area contributed by atoms with Gasteiger partial charge in [-0.15, -0.1) is 13.2 Å². The molecule has 0 aliphatic heterocycles. The summed E-state index contributed by atoms with van der Waals surface area (Å²) in [6, 6.07) is 5.69. The van der Waals surface area contributed by atoms with Gasteiger partial charge in [-0.25, -0.2) is 14.1 Å².